The fourth-order valence-electron chi connectivity index (χ4n) is 4.13. The number of rotatable bonds is 7. The third kappa shape index (κ3) is 5.43. The van der Waals surface area contributed by atoms with Crippen molar-refractivity contribution in [3.8, 4) is 11.1 Å². The van der Waals surface area contributed by atoms with Crippen molar-refractivity contribution in [3.63, 3.8) is 0 Å². The van der Waals surface area contributed by atoms with Gasteiger partial charge in [0.25, 0.3) is 0 Å². The van der Waals surface area contributed by atoms with Crippen LogP contribution < -0.4 is 0 Å². The lowest BCUT2D eigenvalue weighted by Gasteiger charge is -2.25. The quantitative estimate of drug-likeness (QED) is 0.586. The number of benzene rings is 1. The van der Waals surface area contributed by atoms with E-state index in [1.54, 1.807) is 19.2 Å². The van der Waals surface area contributed by atoms with Crippen molar-refractivity contribution in [2.75, 3.05) is 7.11 Å². The Hall–Kier alpha value is -2.57. The van der Waals surface area contributed by atoms with Gasteiger partial charge in [0.05, 0.1) is 24.8 Å². The van der Waals surface area contributed by atoms with Gasteiger partial charge in [0.15, 0.2) is 0 Å². The topological polar surface area (TPSA) is 68.7 Å². The molecule has 1 fully saturated rings. The highest BCUT2D eigenvalue weighted by Gasteiger charge is 2.27. The SMILES string of the molecule is COCc1c(C(C)C)nc(C(C)C)c(C=C[C@@H]2C[C@@H](O)CC(=O)O2)c1-c1ccc(F)cc1. The van der Waals surface area contributed by atoms with Crippen LogP contribution >= 0.6 is 0 Å². The molecule has 0 radical (unpaired) electrons. The molecule has 1 N–H and O–H groups in total. The first-order valence-corrected chi connectivity index (χ1v) is 11.1. The molecule has 0 unspecified atom stereocenters. The third-order valence-electron chi connectivity index (χ3n) is 5.58. The number of aromatic nitrogens is 1. The van der Waals surface area contributed by atoms with E-state index in [0.29, 0.717) is 13.0 Å². The van der Waals surface area contributed by atoms with Gasteiger partial charge in [-0.05, 0) is 41.2 Å². The van der Waals surface area contributed by atoms with Crippen molar-refractivity contribution in [2.45, 2.75) is 71.2 Å². The molecule has 2 aromatic rings. The molecular weight excluding hydrogens is 409 g/mol. The molecule has 172 valence electrons. The zero-order valence-corrected chi connectivity index (χ0v) is 19.4. The number of cyclic esters (lactones) is 1. The zero-order chi connectivity index (χ0) is 23.4. The number of esters is 1. The predicted molar refractivity (Wildman–Crippen MR) is 123 cm³/mol. The number of halogens is 1. The van der Waals surface area contributed by atoms with E-state index >= 15 is 0 Å². The van der Waals surface area contributed by atoms with Crippen LogP contribution in [0.25, 0.3) is 17.2 Å². The summed E-state index contributed by atoms with van der Waals surface area (Å²) in [4.78, 5) is 16.8. The van der Waals surface area contributed by atoms with E-state index in [0.717, 1.165) is 33.6 Å². The van der Waals surface area contributed by atoms with Crippen molar-refractivity contribution < 1.29 is 23.8 Å². The van der Waals surface area contributed by atoms with Gasteiger partial charge < -0.3 is 14.6 Å². The van der Waals surface area contributed by atoms with Crippen LogP contribution in [-0.4, -0.2) is 35.4 Å². The average Bonchev–Trinajstić information content (AvgIpc) is 2.72. The summed E-state index contributed by atoms with van der Waals surface area (Å²) in [7, 11) is 1.65. The lowest BCUT2D eigenvalue weighted by atomic mass is 9.87. The minimum Gasteiger partial charge on any atom is -0.458 e. The van der Waals surface area contributed by atoms with Gasteiger partial charge in [-0.3, -0.25) is 9.78 Å². The summed E-state index contributed by atoms with van der Waals surface area (Å²) >= 11 is 0. The number of aliphatic hydroxyl groups is 1. The van der Waals surface area contributed by atoms with Crippen molar-refractivity contribution in [1.82, 2.24) is 4.98 Å². The minimum atomic E-state index is -0.711. The maximum Gasteiger partial charge on any atom is 0.309 e. The number of hydrogen-bond donors (Lipinski definition) is 1. The molecule has 0 saturated carbocycles. The van der Waals surface area contributed by atoms with Gasteiger partial charge in [-0.25, -0.2) is 4.39 Å². The fraction of sp³-hybridized carbons (Fsp3) is 0.462. The van der Waals surface area contributed by atoms with Gasteiger partial charge >= 0.3 is 5.97 Å². The first-order chi connectivity index (χ1) is 15.2. The number of carbonyl (C=O) groups excluding carboxylic acids is 1. The molecule has 1 aromatic carbocycles. The first kappa shape index (κ1) is 24.1. The normalized spacial score (nSPS) is 19.2. The van der Waals surface area contributed by atoms with Crippen LogP contribution in [0, 0.1) is 5.82 Å². The Bertz CT molecular complexity index is 982. The molecule has 3 rings (SSSR count). The van der Waals surface area contributed by atoms with Crippen LogP contribution in [0.2, 0.25) is 0 Å². The molecule has 0 amide bonds. The number of hydrogen-bond acceptors (Lipinski definition) is 5. The summed E-state index contributed by atoms with van der Waals surface area (Å²) in [6.07, 6.45) is 2.88. The Morgan fingerprint density at radius 3 is 2.41 bits per heavy atom. The summed E-state index contributed by atoms with van der Waals surface area (Å²) in [6, 6.07) is 6.42. The van der Waals surface area contributed by atoms with Gasteiger partial charge in [0.2, 0.25) is 0 Å². The van der Waals surface area contributed by atoms with Gasteiger partial charge in [0, 0.05) is 30.4 Å². The molecule has 5 nitrogen and oxygen atoms in total. The van der Waals surface area contributed by atoms with Gasteiger partial charge in [0.1, 0.15) is 11.9 Å². The summed E-state index contributed by atoms with van der Waals surface area (Å²) in [5.41, 5.74) is 5.51. The van der Waals surface area contributed by atoms with Crippen molar-refractivity contribution in [2.24, 2.45) is 0 Å². The number of aliphatic hydroxyl groups excluding tert-OH is 1. The number of carbonyl (C=O) groups is 1. The molecule has 1 aliphatic heterocycles. The molecule has 0 bridgehead atoms. The lowest BCUT2D eigenvalue weighted by molar-refractivity contribution is -0.156. The summed E-state index contributed by atoms with van der Waals surface area (Å²) < 4.78 is 24.6. The monoisotopic (exact) mass is 441 g/mol. The minimum absolute atomic E-state index is 0.0189. The van der Waals surface area contributed by atoms with Crippen LogP contribution in [0.1, 0.15) is 74.9 Å². The van der Waals surface area contributed by atoms with E-state index in [4.69, 9.17) is 14.5 Å². The van der Waals surface area contributed by atoms with Crippen molar-refractivity contribution >= 4 is 12.0 Å². The molecule has 1 saturated heterocycles. The maximum atomic E-state index is 13.7. The van der Waals surface area contributed by atoms with Crippen LogP contribution in [0.5, 0.6) is 0 Å². The van der Waals surface area contributed by atoms with Crippen LogP contribution in [0.3, 0.4) is 0 Å². The van der Waals surface area contributed by atoms with Crippen molar-refractivity contribution in [3.05, 3.63) is 58.7 Å². The largest absolute Gasteiger partial charge is 0.458 e. The Morgan fingerprint density at radius 2 is 1.84 bits per heavy atom. The lowest BCUT2D eigenvalue weighted by Crippen LogP contribution is -2.31. The molecule has 2 atom stereocenters. The number of nitrogens with zero attached hydrogens (tertiary/aromatic N) is 1. The molecule has 6 heteroatoms. The molecule has 0 spiro atoms. The second-order valence-corrected chi connectivity index (χ2v) is 8.88. The van der Waals surface area contributed by atoms with Crippen LogP contribution in [-0.2, 0) is 20.9 Å². The highest BCUT2D eigenvalue weighted by molar-refractivity contribution is 5.80. The molecule has 32 heavy (non-hydrogen) atoms. The van der Waals surface area contributed by atoms with E-state index < -0.39 is 18.2 Å². The molecule has 1 aromatic heterocycles. The average molecular weight is 442 g/mol. The molecule has 2 heterocycles. The second kappa shape index (κ2) is 10.4. The van der Waals surface area contributed by atoms with E-state index in [2.05, 4.69) is 27.7 Å². The summed E-state index contributed by atoms with van der Waals surface area (Å²) in [6.45, 7) is 8.72. The number of ether oxygens (including phenoxy) is 2. The Morgan fingerprint density at radius 1 is 1.19 bits per heavy atom. The van der Waals surface area contributed by atoms with E-state index in [1.807, 2.05) is 12.2 Å². The third-order valence-corrected chi connectivity index (χ3v) is 5.58. The van der Waals surface area contributed by atoms with Crippen LogP contribution in [0.15, 0.2) is 30.3 Å². The first-order valence-electron chi connectivity index (χ1n) is 11.1. The van der Waals surface area contributed by atoms with Gasteiger partial charge in [-0.1, -0.05) is 45.9 Å². The number of methoxy groups -OCH3 is 1. The van der Waals surface area contributed by atoms with Gasteiger partial charge in [-0.15, -0.1) is 0 Å². The molecule has 1 aliphatic rings. The van der Waals surface area contributed by atoms with E-state index in [-0.39, 0.29) is 24.1 Å². The Kier molecular flexibility index (Phi) is 7.80. The number of pyridine rings is 1. The maximum absolute atomic E-state index is 13.7. The van der Waals surface area contributed by atoms with Gasteiger partial charge in [-0.2, -0.15) is 0 Å². The smallest absolute Gasteiger partial charge is 0.309 e. The van der Waals surface area contributed by atoms with Crippen LogP contribution in [0.4, 0.5) is 4.39 Å². The molecular formula is C26H32FNO4. The Balaban J connectivity index is 2.24. The highest BCUT2D eigenvalue weighted by Crippen LogP contribution is 2.38. The van der Waals surface area contributed by atoms with E-state index in [1.165, 1.54) is 12.1 Å². The fourth-order valence-corrected chi connectivity index (χ4v) is 4.13. The zero-order valence-electron chi connectivity index (χ0n) is 19.4. The predicted octanol–water partition coefficient (Wildman–Crippen LogP) is 5.36. The standard InChI is InChI=1S/C26H32FNO4/c1-15(2)25-21(11-10-20-12-19(29)13-23(30)32-20)24(17-6-8-18(27)9-7-17)22(14-31-5)26(28-25)16(3)4/h6-11,15-16,19-20,29H,12-14H2,1-5H3/t19-,20-/m1/s1. The highest BCUT2D eigenvalue weighted by atomic mass is 19.1. The van der Waals surface area contributed by atoms with E-state index in [9.17, 15) is 14.3 Å². The Labute approximate surface area is 189 Å². The van der Waals surface area contributed by atoms with Crippen molar-refractivity contribution in [1.29, 1.82) is 0 Å². The summed E-state index contributed by atoms with van der Waals surface area (Å²) in [5.74, 6) is -0.411. The summed E-state index contributed by atoms with van der Waals surface area (Å²) in [5, 5.41) is 9.96. The molecule has 0 aliphatic carbocycles. The second-order valence-electron chi connectivity index (χ2n) is 8.88.